The predicted octanol–water partition coefficient (Wildman–Crippen LogP) is 3.83. The van der Waals surface area contributed by atoms with E-state index in [1.807, 2.05) is 6.92 Å². The standard InChI is InChI=1S/C12H15NOS/c1-4-14-15-12-9(3)11-8(2)6-5-7-10(11)13-12/h5-7,13H,4H2,1-3H3. The number of aryl methyl sites for hydroxylation is 2. The molecule has 2 rings (SSSR count). The third-order valence-electron chi connectivity index (χ3n) is 2.50. The van der Waals surface area contributed by atoms with Crippen LogP contribution < -0.4 is 0 Å². The van der Waals surface area contributed by atoms with Gasteiger partial charge in [0.05, 0.1) is 6.61 Å². The summed E-state index contributed by atoms with van der Waals surface area (Å²) in [6.45, 7) is 6.99. The molecule has 3 heteroatoms. The molecule has 0 fully saturated rings. The predicted molar refractivity (Wildman–Crippen MR) is 65.3 cm³/mol. The summed E-state index contributed by atoms with van der Waals surface area (Å²) in [7, 11) is 0. The maximum atomic E-state index is 5.36. The normalized spacial score (nSPS) is 11.1. The third kappa shape index (κ3) is 1.90. The zero-order valence-electron chi connectivity index (χ0n) is 9.26. The molecule has 0 aliphatic heterocycles. The molecule has 1 aromatic heterocycles. The SMILES string of the molecule is CCOSc1[nH]c2cccc(C)c2c1C. The van der Waals surface area contributed by atoms with Gasteiger partial charge in [0.15, 0.2) is 0 Å². The third-order valence-corrected chi connectivity index (χ3v) is 3.43. The van der Waals surface area contributed by atoms with Crippen LogP contribution >= 0.6 is 12.0 Å². The van der Waals surface area contributed by atoms with Gasteiger partial charge in [-0.3, -0.25) is 0 Å². The monoisotopic (exact) mass is 221 g/mol. The highest BCUT2D eigenvalue weighted by atomic mass is 32.2. The van der Waals surface area contributed by atoms with Gasteiger partial charge >= 0.3 is 0 Å². The second-order valence-corrected chi connectivity index (χ2v) is 4.38. The Morgan fingerprint density at radius 3 is 2.80 bits per heavy atom. The van der Waals surface area contributed by atoms with Gasteiger partial charge in [-0.25, -0.2) is 0 Å². The van der Waals surface area contributed by atoms with Gasteiger partial charge in [0.2, 0.25) is 0 Å². The van der Waals surface area contributed by atoms with Gasteiger partial charge in [-0.15, -0.1) is 0 Å². The minimum atomic E-state index is 0.721. The lowest BCUT2D eigenvalue weighted by molar-refractivity contribution is 0.401. The Morgan fingerprint density at radius 2 is 2.13 bits per heavy atom. The van der Waals surface area contributed by atoms with Crippen molar-refractivity contribution >= 4 is 22.9 Å². The Morgan fingerprint density at radius 1 is 1.33 bits per heavy atom. The average Bonchev–Trinajstić information content (AvgIpc) is 2.54. The molecule has 0 spiro atoms. The van der Waals surface area contributed by atoms with Crippen molar-refractivity contribution in [2.75, 3.05) is 6.61 Å². The summed E-state index contributed by atoms with van der Waals surface area (Å²) >= 11 is 1.43. The molecule has 1 N–H and O–H groups in total. The maximum Gasteiger partial charge on any atom is 0.104 e. The fourth-order valence-electron chi connectivity index (χ4n) is 1.80. The van der Waals surface area contributed by atoms with E-state index in [2.05, 4.69) is 37.0 Å². The maximum absolute atomic E-state index is 5.36. The number of aromatic amines is 1. The van der Waals surface area contributed by atoms with E-state index in [0.29, 0.717) is 0 Å². The van der Waals surface area contributed by atoms with E-state index >= 15 is 0 Å². The zero-order chi connectivity index (χ0) is 10.8. The van der Waals surface area contributed by atoms with Crippen molar-refractivity contribution in [1.29, 1.82) is 0 Å². The summed E-state index contributed by atoms with van der Waals surface area (Å²) in [5.41, 5.74) is 3.78. The molecule has 15 heavy (non-hydrogen) atoms. The van der Waals surface area contributed by atoms with Crippen molar-refractivity contribution in [2.24, 2.45) is 0 Å². The lowest BCUT2D eigenvalue weighted by Gasteiger charge is -1.98. The molecule has 0 bridgehead atoms. The summed E-state index contributed by atoms with van der Waals surface area (Å²) in [4.78, 5) is 3.38. The molecule has 0 saturated heterocycles. The molecule has 0 atom stereocenters. The number of hydrogen-bond acceptors (Lipinski definition) is 2. The Labute approximate surface area is 94.2 Å². The summed E-state index contributed by atoms with van der Waals surface area (Å²) < 4.78 is 5.36. The summed E-state index contributed by atoms with van der Waals surface area (Å²) in [6.07, 6.45) is 0. The zero-order valence-corrected chi connectivity index (χ0v) is 10.1. The van der Waals surface area contributed by atoms with Crippen molar-refractivity contribution in [3.05, 3.63) is 29.3 Å². The highest BCUT2D eigenvalue weighted by molar-refractivity contribution is 7.94. The van der Waals surface area contributed by atoms with Crippen LogP contribution in [-0.4, -0.2) is 11.6 Å². The van der Waals surface area contributed by atoms with E-state index in [1.165, 1.54) is 34.1 Å². The molecule has 0 aliphatic carbocycles. The molecule has 1 heterocycles. The van der Waals surface area contributed by atoms with Crippen molar-refractivity contribution in [3.8, 4) is 0 Å². The minimum absolute atomic E-state index is 0.721. The molecule has 2 nitrogen and oxygen atoms in total. The number of fused-ring (bicyclic) bond motifs is 1. The fraction of sp³-hybridized carbons (Fsp3) is 0.333. The van der Waals surface area contributed by atoms with E-state index in [0.717, 1.165) is 11.6 Å². The molecule has 1 aromatic carbocycles. The molecule has 0 radical (unpaired) electrons. The minimum Gasteiger partial charge on any atom is -0.348 e. The topological polar surface area (TPSA) is 25.0 Å². The first-order valence-corrected chi connectivity index (χ1v) is 5.85. The van der Waals surface area contributed by atoms with Gasteiger partial charge in [0.25, 0.3) is 0 Å². The lowest BCUT2D eigenvalue weighted by atomic mass is 10.1. The number of rotatable bonds is 3. The Kier molecular flexibility index (Phi) is 3.03. The highest BCUT2D eigenvalue weighted by Gasteiger charge is 2.09. The van der Waals surface area contributed by atoms with Gasteiger partial charge < -0.3 is 9.17 Å². The molecule has 0 saturated carbocycles. The number of aromatic nitrogens is 1. The summed E-state index contributed by atoms with van der Waals surface area (Å²) in [5, 5.41) is 2.43. The van der Waals surface area contributed by atoms with Crippen LogP contribution in [0.2, 0.25) is 0 Å². The van der Waals surface area contributed by atoms with Gasteiger partial charge in [0, 0.05) is 22.9 Å². The fourth-order valence-corrected chi connectivity index (χ4v) is 2.41. The highest BCUT2D eigenvalue weighted by Crippen LogP contribution is 2.31. The van der Waals surface area contributed by atoms with E-state index < -0.39 is 0 Å². The number of H-pyrrole nitrogens is 1. The number of hydrogen-bond donors (Lipinski definition) is 1. The van der Waals surface area contributed by atoms with Crippen LogP contribution in [0.15, 0.2) is 23.2 Å². The summed E-state index contributed by atoms with van der Waals surface area (Å²) in [5.74, 6) is 0. The summed E-state index contributed by atoms with van der Waals surface area (Å²) in [6, 6.07) is 6.31. The Balaban J connectivity index is 2.50. The van der Waals surface area contributed by atoms with Gasteiger partial charge in [-0.05, 0) is 38.0 Å². The van der Waals surface area contributed by atoms with E-state index in [-0.39, 0.29) is 0 Å². The van der Waals surface area contributed by atoms with Gasteiger partial charge in [0.1, 0.15) is 5.03 Å². The van der Waals surface area contributed by atoms with Crippen molar-refractivity contribution in [1.82, 2.24) is 4.98 Å². The molecule has 0 unspecified atom stereocenters. The van der Waals surface area contributed by atoms with Crippen molar-refractivity contribution in [3.63, 3.8) is 0 Å². The first-order valence-electron chi connectivity index (χ1n) is 5.11. The second-order valence-electron chi connectivity index (χ2n) is 3.57. The van der Waals surface area contributed by atoms with Crippen LogP contribution in [0.4, 0.5) is 0 Å². The van der Waals surface area contributed by atoms with Crippen LogP contribution in [-0.2, 0) is 4.18 Å². The molecule has 0 aliphatic rings. The second kappa shape index (κ2) is 4.29. The average molecular weight is 221 g/mol. The van der Waals surface area contributed by atoms with E-state index in [1.54, 1.807) is 0 Å². The molecule has 80 valence electrons. The van der Waals surface area contributed by atoms with Crippen LogP contribution in [0.3, 0.4) is 0 Å². The van der Waals surface area contributed by atoms with Crippen LogP contribution in [0.5, 0.6) is 0 Å². The smallest absolute Gasteiger partial charge is 0.104 e. The van der Waals surface area contributed by atoms with Gasteiger partial charge in [-0.2, -0.15) is 0 Å². The largest absolute Gasteiger partial charge is 0.348 e. The Hall–Kier alpha value is -0.930. The number of benzene rings is 1. The van der Waals surface area contributed by atoms with Crippen LogP contribution in [0.1, 0.15) is 18.1 Å². The molecule has 2 aromatic rings. The van der Waals surface area contributed by atoms with E-state index in [9.17, 15) is 0 Å². The van der Waals surface area contributed by atoms with Crippen molar-refractivity contribution in [2.45, 2.75) is 25.8 Å². The first-order chi connectivity index (χ1) is 7.24. The molecule has 0 amide bonds. The van der Waals surface area contributed by atoms with E-state index in [4.69, 9.17) is 4.18 Å². The molecular weight excluding hydrogens is 206 g/mol. The lowest BCUT2D eigenvalue weighted by Crippen LogP contribution is -1.80. The quantitative estimate of drug-likeness (QED) is 0.797. The van der Waals surface area contributed by atoms with Crippen molar-refractivity contribution < 1.29 is 4.18 Å². The number of nitrogens with one attached hydrogen (secondary N) is 1. The Bertz CT molecular complexity index is 476. The molecular formula is C12H15NOS. The first kappa shape index (κ1) is 10.6. The van der Waals surface area contributed by atoms with Gasteiger partial charge in [-0.1, -0.05) is 12.1 Å². The van der Waals surface area contributed by atoms with Crippen LogP contribution in [0, 0.1) is 13.8 Å². The van der Waals surface area contributed by atoms with Crippen LogP contribution in [0.25, 0.3) is 10.9 Å².